The SMILES string of the molecule is Cc1cc(CNCc2cc(Br)cc([N+](=O)[O-])c2)sc1C. The molecule has 0 unspecified atom stereocenters. The number of rotatable bonds is 5. The number of nitrogens with zero attached hydrogens (tertiary/aromatic N) is 1. The molecule has 2 aromatic rings. The first-order valence-corrected chi connectivity index (χ1v) is 7.77. The van der Waals surface area contributed by atoms with Crippen LogP contribution in [0.25, 0.3) is 0 Å². The summed E-state index contributed by atoms with van der Waals surface area (Å²) in [5.41, 5.74) is 2.32. The molecule has 0 aliphatic heterocycles. The number of nitro groups is 1. The monoisotopic (exact) mass is 354 g/mol. The molecule has 106 valence electrons. The van der Waals surface area contributed by atoms with Gasteiger partial charge in [0.1, 0.15) is 0 Å². The summed E-state index contributed by atoms with van der Waals surface area (Å²) in [6, 6.07) is 7.18. The molecule has 0 atom stereocenters. The predicted molar refractivity (Wildman–Crippen MR) is 85.1 cm³/mol. The van der Waals surface area contributed by atoms with E-state index in [1.54, 1.807) is 17.4 Å². The van der Waals surface area contributed by atoms with Gasteiger partial charge in [0.2, 0.25) is 0 Å². The minimum Gasteiger partial charge on any atom is -0.308 e. The summed E-state index contributed by atoms with van der Waals surface area (Å²) < 4.78 is 0.728. The van der Waals surface area contributed by atoms with Crippen LogP contribution in [0.4, 0.5) is 5.69 Å². The van der Waals surface area contributed by atoms with Crippen LogP contribution < -0.4 is 5.32 Å². The molecule has 0 saturated carbocycles. The lowest BCUT2D eigenvalue weighted by atomic mass is 10.2. The van der Waals surface area contributed by atoms with E-state index in [1.807, 2.05) is 6.07 Å². The molecule has 1 N–H and O–H groups in total. The molecule has 1 heterocycles. The molecule has 1 aromatic heterocycles. The number of halogens is 1. The molecule has 0 bridgehead atoms. The molecule has 2 rings (SSSR count). The second-order valence-electron chi connectivity index (χ2n) is 4.63. The van der Waals surface area contributed by atoms with E-state index in [9.17, 15) is 10.1 Å². The Bertz CT molecular complexity index is 621. The largest absolute Gasteiger partial charge is 0.308 e. The fraction of sp³-hybridized carbons (Fsp3) is 0.286. The van der Waals surface area contributed by atoms with Gasteiger partial charge in [-0.25, -0.2) is 0 Å². The van der Waals surface area contributed by atoms with Crippen LogP contribution in [0.3, 0.4) is 0 Å². The Morgan fingerprint density at radius 2 is 2.00 bits per heavy atom. The molecule has 1 aromatic carbocycles. The molecule has 0 aliphatic carbocycles. The smallest absolute Gasteiger partial charge is 0.270 e. The van der Waals surface area contributed by atoms with Gasteiger partial charge < -0.3 is 5.32 Å². The van der Waals surface area contributed by atoms with Gasteiger partial charge in [-0.1, -0.05) is 15.9 Å². The van der Waals surface area contributed by atoms with Gasteiger partial charge in [-0.3, -0.25) is 10.1 Å². The van der Waals surface area contributed by atoms with Gasteiger partial charge in [0.15, 0.2) is 0 Å². The Morgan fingerprint density at radius 1 is 1.25 bits per heavy atom. The first kappa shape index (κ1) is 15.2. The molecule has 0 radical (unpaired) electrons. The quantitative estimate of drug-likeness (QED) is 0.642. The molecule has 0 aliphatic rings. The highest BCUT2D eigenvalue weighted by molar-refractivity contribution is 9.10. The van der Waals surface area contributed by atoms with Crippen molar-refractivity contribution in [3.8, 4) is 0 Å². The molecule has 20 heavy (non-hydrogen) atoms. The standard InChI is InChI=1S/C14H15BrN2O2S/c1-9-3-14(20-10(9)2)8-16-7-11-4-12(15)6-13(5-11)17(18)19/h3-6,16H,7-8H2,1-2H3. The van der Waals surface area contributed by atoms with Crippen LogP contribution in [0.15, 0.2) is 28.7 Å². The van der Waals surface area contributed by atoms with Crippen LogP contribution in [0.1, 0.15) is 20.9 Å². The van der Waals surface area contributed by atoms with Crippen LogP contribution in [0.5, 0.6) is 0 Å². The zero-order valence-electron chi connectivity index (χ0n) is 11.3. The minimum atomic E-state index is -0.375. The van der Waals surface area contributed by atoms with Crippen molar-refractivity contribution in [1.82, 2.24) is 5.32 Å². The molecular formula is C14H15BrN2O2S. The lowest BCUT2D eigenvalue weighted by Crippen LogP contribution is -2.11. The minimum absolute atomic E-state index is 0.110. The van der Waals surface area contributed by atoms with Crippen molar-refractivity contribution >= 4 is 33.0 Å². The van der Waals surface area contributed by atoms with Crippen molar-refractivity contribution in [2.24, 2.45) is 0 Å². The van der Waals surface area contributed by atoms with E-state index in [0.717, 1.165) is 16.6 Å². The van der Waals surface area contributed by atoms with E-state index in [1.165, 1.54) is 21.4 Å². The highest BCUT2D eigenvalue weighted by Crippen LogP contribution is 2.22. The van der Waals surface area contributed by atoms with Crippen LogP contribution in [0.2, 0.25) is 0 Å². The van der Waals surface area contributed by atoms with Crippen molar-refractivity contribution in [3.63, 3.8) is 0 Å². The number of aryl methyl sites for hydroxylation is 2. The van der Waals surface area contributed by atoms with E-state index in [4.69, 9.17) is 0 Å². The number of nitro benzene ring substituents is 1. The van der Waals surface area contributed by atoms with Crippen molar-refractivity contribution in [2.75, 3.05) is 0 Å². The van der Waals surface area contributed by atoms with E-state index >= 15 is 0 Å². The Kier molecular flexibility index (Phi) is 4.91. The van der Waals surface area contributed by atoms with Gasteiger partial charge in [-0.15, -0.1) is 11.3 Å². The zero-order valence-corrected chi connectivity index (χ0v) is 13.7. The van der Waals surface area contributed by atoms with Crippen LogP contribution >= 0.6 is 27.3 Å². The van der Waals surface area contributed by atoms with Crippen LogP contribution in [0, 0.1) is 24.0 Å². The molecule has 0 saturated heterocycles. The Labute approximate surface area is 130 Å². The first-order valence-electron chi connectivity index (χ1n) is 6.16. The number of non-ortho nitro benzene ring substituents is 1. The summed E-state index contributed by atoms with van der Waals surface area (Å²) >= 11 is 5.08. The van der Waals surface area contributed by atoms with Gasteiger partial charge in [0.25, 0.3) is 5.69 Å². The van der Waals surface area contributed by atoms with Crippen LogP contribution in [-0.4, -0.2) is 4.92 Å². The second kappa shape index (κ2) is 6.47. The number of hydrogen-bond donors (Lipinski definition) is 1. The summed E-state index contributed by atoms with van der Waals surface area (Å²) in [5.74, 6) is 0. The third-order valence-electron chi connectivity index (χ3n) is 3.00. The average Bonchev–Trinajstić information content (AvgIpc) is 2.68. The lowest BCUT2D eigenvalue weighted by molar-refractivity contribution is -0.385. The van der Waals surface area contributed by atoms with Crippen molar-refractivity contribution in [2.45, 2.75) is 26.9 Å². The van der Waals surface area contributed by atoms with E-state index in [2.05, 4.69) is 41.2 Å². The zero-order chi connectivity index (χ0) is 14.7. The number of nitrogens with one attached hydrogen (secondary N) is 1. The van der Waals surface area contributed by atoms with E-state index in [0.29, 0.717) is 6.54 Å². The number of benzene rings is 1. The Balaban J connectivity index is 1.98. The highest BCUT2D eigenvalue weighted by Gasteiger charge is 2.08. The van der Waals surface area contributed by atoms with Crippen molar-refractivity contribution in [3.05, 3.63) is 59.7 Å². The van der Waals surface area contributed by atoms with E-state index < -0.39 is 0 Å². The Morgan fingerprint density at radius 3 is 2.60 bits per heavy atom. The Hall–Kier alpha value is -1.24. The van der Waals surface area contributed by atoms with E-state index in [-0.39, 0.29) is 10.6 Å². The van der Waals surface area contributed by atoms with Gasteiger partial charge in [0.05, 0.1) is 4.92 Å². The average molecular weight is 355 g/mol. The topological polar surface area (TPSA) is 55.2 Å². The maximum atomic E-state index is 10.8. The molecule has 4 nitrogen and oxygen atoms in total. The second-order valence-corrected chi connectivity index (χ2v) is 6.89. The molecule has 6 heteroatoms. The first-order chi connectivity index (χ1) is 9.45. The summed E-state index contributed by atoms with van der Waals surface area (Å²) in [7, 11) is 0. The van der Waals surface area contributed by atoms with Crippen molar-refractivity contribution < 1.29 is 4.92 Å². The molecule has 0 fully saturated rings. The van der Waals surface area contributed by atoms with Gasteiger partial charge >= 0.3 is 0 Å². The summed E-state index contributed by atoms with van der Waals surface area (Å²) in [5, 5.41) is 14.1. The normalized spacial score (nSPS) is 10.8. The van der Waals surface area contributed by atoms with Crippen molar-refractivity contribution in [1.29, 1.82) is 0 Å². The maximum Gasteiger partial charge on any atom is 0.270 e. The summed E-state index contributed by atoms with van der Waals surface area (Å²) in [6.45, 7) is 5.60. The molecular weight excluding hydrogens is 340 g/mol. The third kappa shape index (κ3) is 3.88. The van der Waals surface area contributed by atoms with Gasteiger partial charge in [0, 0.05) is 39.4 Å². The third-order valence-corrected chi connectivity index (χ3v) is 4.61. The molecule has 0 amide bonds. The fourth-order valence-electron chi connectivity index (χ4n) is 1.91. The number of hydrogen-bond acceptors (Lipinski definition) is 4. The predicted octanol–water partition coefficient (Wildman–Crippen LogP) is 4.33. The summed E-state index contributed by atoms with van der Waals surface area (Å²) in [4.78, 5) is 13.0. The van der Waals surface area contributed by atoms with Gasteiger partial charge in [-0.2, -0.15) is 0 Å². The lowest BCUT2D eigenvalue weighted by Gasteiger charge is -2.04. The number of thiophene rings is 1. The highest BCUT2D eigenvalue weighted by atomic mass is 79.9. The van der Waals surface area contributed by atoms with Crippen LogP contribution in [-0.2, 0) is 13.1 Å². The molecule has 0 spiro atoms. The summed E-state index contributed by atoms with van der Waals surface area (Å²) in [6.07, 6.45) is 0. The van der Waals surface area contributed by atoms with Gasteiger partial charge in [-0.05, 0) is 37.1 Å². The fourth-order valence-corrected chi connectivity index (χ4v) is 3.46. The maximum absolute atomic E-state index is 10.8.